The number of hydrogen-bond acceptors (Lipinski definition) is 0. The summed E-state index contributed by atoms with van der Waals surface area (Å²) in [6, 6.07) is 0. The topological polar surface area (TPSA) is 0 Å². The van der Waals surface area contributed by atoms with E-state index in [0.29, 0.717) is 0 Å². The lowest BCUT2D eigenvalue weighted by molar-refractivity contribution is 0.512. The van der Waals surface area contributed by atoms with Crippen molar-refractivity contribution in [3.63, 3.8) is 0 Å². The van der Waals surface area contributed by atoms with Crippen LogP contribution in [0.5, 0.6) is 0 Å². The van der Waals surface area contributed by atoms with Crippen LogP contribution >= 0.6 is 0 Å². The first-order valence-corrected chi connectivity index (χ1v) is 5.01. The van der Waals surface area contributed by atoms with E-state index in [2.05, 4.69) is 19.2 Å². The Morgan fingerprint density at radius 2 is 2.15 bits per heavy atom. The molecule has 0 fully saturated rings. The minimum Gasteiger partial charge on any atom is -0.0988 e. The van der Waals surface area contributed by atoms with Crippen LogP contribution in [0.15, 0.2) is 48.1 Å². The molecule has 0 aliphatic heterocycles. The predicted molar refractivity (Wildman–Crippen MR) is 57.5 cm³/mol. The van der Waals surface area contributed by atoms with Gasteiger partial charge in [-0.05, 0) is 42.7 Å². The lowest BCUT2D eigenvalue weighted by atomic mass is 9.75. The van der Waals surface area contributed by atoms with E-state index in [-0.39, 0.29) is 0 Å². The molecule has 0 heterocycles. The Morgan fingerprint density at radius 3 is 2.85 bits per heavy atom. The molecule has 2 bridgehead atoms. The number of allylic oxidation sites excluding steroid dienone is 6. The Bertz CT molecular complexity index is 302. The van der Waals surface area contributed by atoms with Crippen LogP contribution in [-0.4, -0.2) is 0 Å². The molecule has 0 aromatic rings. The van der Waals surface area contributed by atoms with Crippen LogP contribution in [0.4, 0.5) is 0 Å². The largest absolute Gasteiger partial charge is 0.0988 e. The summed E-state index contributed by atoms with van der Waals surface area (Å²) in [5.41, 5.74) is 4.57. The molecule has 0 N–H and O–H groups in total. The maximum Gasteiger partial charge on any atom is -0.0124 e. The molecule has 2 aliphatic carbocycles. The molecule has 1 atom stereocenters. The first-order valence-electron chi connectivity index (χ1n) is 5.01. The summed E-state index contributed by atoms with van der Waals surface area (Å²) >= 11 is 0. The summed E-state index contributed by atoms with van der Waals surface area (Å²) in [5.74, 6) is 0.755. The maximum atomic E-state index is 3.87. The van der Waals surface area contributed by atoms with Crippen LogP contribution < -0.4 is 0 Å². The molecule has 0 nitrogen and oxygen atoms in total. The molecule has 1 unspecified atom stereocenters. The zero-order valence-corrected chi connectivity index (χ0v) is 8.05. The third-order valence-corrected chi connectivity index (χ3v) is 3.25. The second kappa shape index (κ2) is 3.37. The van der Waals surface area contributed by atoms with Gasteiger partial charge in [0.05, 0.1) is 0 Å². The average Bonchev–Trinajstić information content (AvgIpc) is 2.19. The summed E-state index contributed by atoms with van der Waals surface area (Å²) < 4.78 is 0. The van der Waals surface area contributed by atoms with Crippen molar-refractivity contribution in [2.24, 2.45) is 5.92 Å². The monoisotopic (exact) mass is 172 g/mol. The van der Waals surface area contributed by atoms with Crippen LogP contribution in [0.25, 0.3) is 0 Å². The highest BCUT2D eigenvalue weighted by Gasteiger charge is 2.24. The molecule has 68 valence electrons. The van der Waals surface area contributed by atoms with Crippen molar-refractivity contribution >= 4 is 0 Å². The molecule has 0 saturated heterocycles. The van der Waals surface area contributed by atoms with Gasteiger partial charge in [-0.3, -0.25) is 0 Å². The van der Waals surface area contributed by atoms with Gasteiger partial charge in [0.2, 0.25) is 0 Å². The highest BCUT2D eigenvalue weighted by Crippen LogP contribution is 2.40. The Labute approximate surface area is 80.3 Å². The lowest BCUT2D eigenvalue weighted by Crippen LogP contribution is -2.15. The maximum absolute atomic E-state index is 3.87. The first kappa shape index (κ1) is 8.55. The molecule has 0 heteroatoms. The Hall–Kier alpha value is -1.04. The van der Waals surface area contributed by atoms with E-state index in [1.54, 1.807) is 5.57 Å². The van der Waals surface area contributed by atoms with Gasteiger partial charge in [0.1, 0.15) is 0 Å². The average molecular weight is 172 g/mol. The summed E-state index contributed by atoms with van der Waals surface area (Å²) in [5, 5.41) is 0. The van der Waals surface area contributed by atoms with Crippen LogP contribution in [0.2, 0.25) is 0 Å². The smallest absolute Gasteiger partial charge is 0.0124 e. The van der Waals surface area contributed by atoms with Crippen LogP contribution in [0, 0.1) is 5.92 Å². The van der Waals surface area contributed by atoms with Crippen LogP contribution in [0.1, 0.15) is 25.7 Å². The predicted octanol–water partition coefficient (Wildman–Crippen LogP) is 3.79. The van der Waals surface area contributed by atoms with Gasteiger partial charge in [-0.1, -0.05) is 37.0 Å². The first-order chi connectivity index (χ1) is 6.35. The molecule has 0 amide bonds. The summed E-state index contributed by atoms with van der Waals surface area (Å²) in [7, 11) is 0. The molecule has 2 aliphatic rings. The van der Waals surface area contributed by atoms with Gasteiger partial charge in [-0.2, -0.15) is 0 Å². The molecule has 0 aromatic carbocycles. The van der Waals surface area contributed by atoms with Crippen LogP contribution in [0.3, 0.4) is 0 Å². The molecular formula is C13H16. The van der Waals surface area contributed by atoms with Gasteiger partial charge in [0.15, 0.2) is 0 Å². The number of hydrogen-bond donors (Lipinski definition) is 0. The molecule has 0 spiro atoms. The van der Waals surface area contributed by atoms with Crippen molar-refractivity contribution < 1.29 is 0 Å². The fourth-order valence-electron chi connectivity index (χ4n) is 2.44. The fraction of sp³-hybridized carbons (Fsp3) is 0.385. The van der Waals surface area contributed by atoms with E-state index < -0.39 is 0 Å². The molecule has 2 rings (SSSR count). The summed E-state index contributed by atoms with van der Waals surface area (Å²) in [6.45, 7) is 7.74. The second-order valence-electron chi connectivity index (χ2n) is 3.89. The summed E-state index contributed by atoms with van der Waals surface area (Å²) in [6.07, 6.45) is 11.3. The third kappa shape index (κ3) is 1.41. The summed E-state index contributed by atoms with van der Waals surface area (Å²) in [4.78, 5) is 0. The van der Waals surface area contributed by atoms with Gasteiger partial charge in [0.25, 0.3) is 0 Å². The van der Waals surface area contributed by atoms with Crippen molar-refractivity contribution in [2.75, 3.05) is 0 Å². The van der Waals surface area contributed by atoms with Gasteiger partial charge in [0, 0.05) is 0 Å². The van der Waals surface area contributed by atoms with Crippen molar-refractivity contribution in [3.05, 3.63) is 48.1 Å². The highest BCUT2D eigenvalue weighted by molar-refractivity contribution is 5.37. The quantitative estimate of drug-likeness (QED) is 0.594. The van der Waals surface area contributed by atoms with E-state index in [9.17, 15) is 0 Å². The second-order valence-corrected chi connectivity index (χ2v) is 3.89. The van der Waals surface area contributed by atoms with E-state index in [4.69, 9.17) is 0 Å². The number of fused-ring (bicyclic) bond motifs is 2. The minimum atomic E-state index is 0.755. The van der Waals surface area contributed by atoms with E-state index in [1.165, 1.54) is 30.4 Å². The van der Waals surface area contributed by atoms with E-state index >= 15 is 0 Å². The Balaban J connectivity index is 2.32. The van der Waals surface area contributed by atoms with Crippen molar-refractivity contribution in [1.82, 2.24) is 0 Å². The van der Waals surface area contributed by atoms with Gasteiger partial charge in [-0.25, -0.2) is 0 Å². The molecule has 13 heavy (non-hydrogen) atoms. The normalized spacial score (nSPS) is 26.8. The molecule has 0 radical (unpaired) electrons. The van der Waals surface area contributed by atoms with Crippen molar-refractivity contribution in [1.29, 1.82) is 0 Å². The highest BCUT2D eigenvalue weighted by atomic mass is 14.3. The van der Waals surface area contributed by atoms with Crippen molar-refractivity contribution in [3.8, 4) is 0 Å². The molecular weight excluding hydrogens is 156 g/mol. The zero-order chi connectivity index (χ0) is 9.26. The SMILES string of the molecule is C=CC1=CCC2=C(C=C)CCC1C2. The lowest BCUT2D eigenvalue weighted by Gasteiger charge is -2.30. The number of rotatable bonds is 2. The van der Waals surface area contributed by atoms with Crippen LogP contribution in [-0.2, 0) is 0 Å². The molecule has 0 aromatic heterocycles. The fourth-order valence-corrected chi connectivity index (χ4v) is 2.44. The van der Waals surface area contributed by atoms with Gasteiger partial charge < -0.3 is 0 Å². The third-order valence-electron chi connectivity index (χ3n) is 3.25. The van der Waals surface area contributed by atoms with E-state index in [1.807, 2.05) is 12.2 Å². The standard InChI is InChI=1S/C13H16/c1-3-10-5-7-13-9-12(10)8-6-11(13)4-2/h3-5,12H,1-2,6-9H2. The Kier molecular flexibility index (Phi) is 2.22. The minimum absolute atomic E-state index is 0.755. The molecule has 0 saturated carbocycles. The Morgan fingerprint density at radius 1 is 1.31 bits per heavy atom. The van der Waals surface area contributed by atoms with Gasteiger partial charge in [-0.15, -0.1) is 0 Å². The van der Waals surface area contributed by atoms with Crippen molar-refractivity contribution in [2.45, 2.75) is 25.7 Å². The van der Waals surface area contributed by atoms with Gasteiger partial charge >= 0.3 is 0 Å². The van der Waals surface area contributed by atoms with E-state index in [0.717, 1.165) is 12.3 Å². The zero-order valence-electron chi connectivity index (χ0n) is 8.05.